The van der Waals surface area contributed by atoms with E-state index < -0.39 is 34.6 Å². The number of nitrogens with one attached hydrogen (secondary N) is 1. The van der Waals surface area contributed by atoms with Crippen LogP contribution in [0.1, 0.15) is 23.2 Å². The monoisotopic (exact) mass is 447 g/mol. The Hall–Kier alpha value is -2.84. The molecule has 2 aromatic carbocycles. The van der Waals surface area contributed by atoms with Crippen LogP contribution < -0.4 is 4.90 Å². The Morgan fingerprint density at radius 2 is 1.87 bits per heavy atom. The van der Waals surface area contributed by atoms with Gasteiger partial charge in [0.25, 0.3) is 5.91 Å². The number of imide groups is 1. The summed E-state index contributed by atoms with van der Waals surface area (Å²) in [5.41, 5.74) is 2.03. The highest BCUT2D eigenvalue weighted by Gasteiger charge is 2.44. The number of amides is 2. The summed E-state index contributed by atoms with van der Waals surface area (Å²) in [5.74, 6) is -1.03. The minimum Gasteiger partial charge on any atom is -0.357 e. The van der Waals surface area contributed by atoms with Crippen LogP contribution in [0.3, 0.4) is 0 Å². The van der Waals surface area contributed by atoms with Crippen LogP contribution in [0.2, 0.25) is 5.02 Å². The smallest absolute Gasteiger partial charge is 0.357 e. The molecule has 5 rings (SSSR count). The molecular formula is C22H17ClF3N3O2. The van der Waals surface area contributed by atoms with Gasteiger partial charge in [-0.2, -0.15) is 13.2 Å². The van der Waals surface area contributed by atoms with Crippen LogP contribution in [0.25, 0.3) is 10.9 Å². The summed E-state index contributed by atoms with van der Waals surface area (Å²) in [4.78, 5) is 31.8. The van der Waals surface area contributed by atoms with Crippen molar-refractivity contribution in [3.63, 3.8) is 0 Å². The normalized spacial score (nSPS) is 20.0. The predicted molar refractivity (Wildman–Crippen MR) is 110 cm³/mol. The Morgan fingerprint density at radius 1 is 1.10 bits per heavy atom. The molecule has 31 heavy (non-hydrogen) atoms. The minimum absolute atomic E-state index is 0.0711. The maximum atomic E-state index is 13.2. The van der Waals surface area contributed by atoms with Gasteiger partial charge in [0.15, 0.2) is 0 Å². The zero-order chi connectivity index (χ0) is 21.9. The number of halogens is 4. The molecule has 0 saturated carbocycles. The third-order valence-corrected chi connectivity index (χ3v) is 6.32. The fraction of sp³-hybridized carbons (Fsp3) is 0.273. The van der Waals surface area contributed by atoms with E-state index in [9.17, 15) is 22.8 Å². The molecule has 0 radical (unpaired) electrons. The van der Waals surface area contributed by atoms with Crippen molar-refractivity contribution in [2.75, 3.05) is 11.4 Å². The lowest BCUT2D eigenvalue weighted by molar-refractivity contribution is -0.137. The number of hydrogen-bond acceptors (Lipinski definition) is 3. The summed E-state index contributed by atoms with van der Waals surface area (Å²) < 4.78 is 39.7. The van der Waals surface area contributed by atoms with Crippen molar-refractivity contribution < 1.29 is 22.8 Å². The number of fused-ring (bicyclic) bond motifs is 3. The van der Waals surface area contributed by atoms with E-state index >= 15 is 0 Å². The third-order valence-electron chi connectivity index (χ3n) is 5.99. The zero-order valence-corrected chi connectivity index (χ0v) is 16.9. The second-order valence-corrected chi connectivity index (χ2v) is 8.20. The largest absolute Gasteiger partial charge is 0.417 e. The number of nitrogens with zero attached hydrogens (tertiary/aromatic N) is 2. The Morgan fingerprint density at radius 3 is 2.65 bits per heavy atom. The number of H-pyrrole nitrogens is 1. The summed E-state index contributed by atoms with van der Waals surface area (Å²) in [7, 11) is 0. The highest BCUT2D eigenvalue weighted by Crippen LogP contribution is 2.38. The van der Waals surface area contributed by atoms with Crippen LogP contribution in [0, 0.1) is 0 Å². The maximum absolute atomic E-state index is 13.2. The Balaban J connectivity index is 1.42. The molecule has 1 aromatic heterocycles. The molecule has 2 amide bonds. The average molecular weight is 448 g/mol. The molecule has 1 fully saturated rings. The number of carbonyl (C=O) groups excluding carboxylic acids is 2. The standard InChI is InChI=1S/C22H17ClF3N3O2/c23-16-6-5-12(9-15(16)22(24,25)26)29-20(30)10-19(21(29)31)28-8-7-14-13-3-1-2-4-17(13)27-18(14)11-28/h1-6,9,19,27H,7-8,10-11H2/t19-/m1/s1. The van der Waals surface area contributed by atoms with Gasteiger partial charge < -0.3 is 4.98 Å². The van der Waals surface area contributed by atoms with Crippen molar-refractivity contribution in [2.24, 2.45) is 0 Å². The van der Waals surface area contributed by atoms with Crippen LogP contribution >= 0.6 is 11.6 Å². The fourth-order valence-corrected chi connectivity index (χ4v) is 4.75. The first kappa shape index (κ1) is 20.1. The van der Waals surface area contributed by atoms with Crippen LogP contribution in [0.15, 0.2) is 42.5 Å². The van der Waals surface area contributed by atoms with Crippen molar-refractivity contribution in [3.8, 4) is 0 Å². The molecule has 2 aliphatic rings. The Kier molecular flexibility index (Phi) is 4.60. The minimum atomic E-state index is -4.68. The first-order valence-corrected chi connectivity index (χ1v) is 10.2. The molecule has 1 saturated heterocycles. The molecule has 9 heteroatoms. The molecule has 2 aliphatic heterocycles. The summed E-state index contributed by atoms with van der Waals surface area (Å²) >= 11 is 5.67. The lowest BCUT2D eigenvalue weighted by Crippen LogP contribution is -2.44. The second-order valence-electron chi connectivity index (χ2n) is 7.80. The predicted octanol–water partition coefficient (Wildman–Crippen LogP) is 4.53. The number of aromatic amines is 1. The summed E-state index contributed by atoms with van der Waals surface area (Å²) in [6.07, 6.45) is -4.04. The van der Waals surface area contributed by atoms with Crippen molar-refractivity contribution in [1.29, 1.82) is 0 Å². The van der Waals surface area contributed by atoms with E-state index in [0.717, 1.165) is 40.1 Å². The number of rotatable bonds is 2. The van der Waals surface area contributed by atoms with E-state index in [1.54, 1.807) is 0 Å². The van der Waals surface area contributed by atoms with E-state index in [-0.39, 0.29) is 12.1 Å². The van der Waals surface area contributed by atoms with Crippen molar-refractivity contribution in [3.05, 3.63) is 64.3 Å². The summed E-state index contributed by atoms with van der Waals surface area (Å²) in [5, 5.41) is 0.669. The molecule has 1 N–H and O–H groups in total. The average Bonchev–Trinajstić information content (AvgIpc) is 3.24. The SMILES string of the molecule is O=C1C[C@@H](N2CCc3c([nH]c4ccccc34)C2)C(=O)N1c1ccc(Cl)c(C(F)(F)F)c1. The molecule has 0 aliphatic carbocycles. The van der Waals surface area contributed by atoms with E-state index in [1.807, 2.05) is 29.2 Å². The Labute approximate surface area is 180 Å². The lowest BCUT2D eigenvalue weighted by atomic mass is 10.0. The number of aromatic nitrogens is 1. The van der Waals surface area contributed by atoms with Gasteiger partial charge in [0, 0.05) is 29.7 Å². The number of alkyl halides is 3. The molecule has 1 atom stereocenters. The Bertz CT molecular complexity index is 1220. The van der Waals surface area contributed by atoms with Crippen molar-refractivity contribution in [2.45, 2.75) is 31.6 Å². The summed E-state index contributed by atoms with van der Waals surface area (Å²) in [6, 6.07) is 10.3. The number of benzene rings is 2. The van der Waals surface area contributed by atoms with Gasteiger partial charge in [-0.3, -0.25) is 14.5 Å². The van der Waals surface area contributed by atoms with Crippen molar-refractivity contribution in [1.82, 2.24) is 9.88 Å². The first-order chi connectivity index (χ1) is 14.7. The second kappa shape index (κ2) is 7.10. The molecule has 3 heterocycles. The highest BCUT2D eigenvalue weighted by atomic mass is 35.5. The molecule has 5 nitrogen and oxygen atoms in total. The maximum Gasteiger partial charge on any atom is 0.417 e. The molecular weight excluding hydrogens is 431 g/mol. The van der Waals surface area contributed by atoms with E-state index in [4.69, 9.17) is 11.6 Å². The van der Waals surface area contributed by atoms with Gasteiger partial charge >= 0.3 is 6.18 Å². The van der Waals surface area contributed by atoms with E-state index in [1.165, 1.54) is 11.6 Å². The zero-order valence-electron chi connectivity index (χ0n) is 16.2. The van der Waals surface area contributed by atoms with Gasteiger partial charge in [-0.15, -0.1) is 0 Å². The molecule has 0 spiro atoms. The van der Waals surface area contributed by atoms with Crippen molar-refractivity contribution >= 4 is 40.0 Å². The van der Waals surface area contributed by atoms with Gasteiger partial charge in [0.05, 0.1) is 28.7 Å². The number of hydrogen-bond donors (Lipinski definition) is 1. The lowest BCUT2D eigenvalue weighted by Gasteiger charge is -2.30. The van der Waals surface area contributed by atoms with E-state index in [0.29, 0.717) is 13.1 Å². The van der Waals surface area contributed by atoms with Crippen LogP contribution in [-0.4, -0.2) is 34.3 Å². The van der Waals surface area contributed by atoms with Gasteiger partial charge in [-0.1, -0.05) is 29.8 Å². The highest BCUT2D eigenvalue weighted by molar-refractivity contribution is 6.31. The van der Waals surface area contributed by atoms with E-state index in [2.05, 4.69) is 4.98 Å². The molecule has 0 bridgehead atoms. The van der Waals surface area contributed by atoms with Gasteiger partial charge in [0.1, 0.15) is 0 Å². The fourth-order valence-electron chi connectivity index (χ4n) is 4.52. The van der Waals surface area contributed by atoms with Gasteiger partial charge in [-0.05, 0) is 36.2 Å². The quantitative estimate of drug-likeness (QED) is 0.587. The first-order valence-electron chi connectivity index (χ1n) is 9.80. The van der Waals surface area contributed by atoms with Crippen LogP contribution in [-0.2, 0) is 28.7 Å². The number of para-hydroxylation sites is 1. The molecule has 160 valence electrons. The topological polar surface area (TPSA) is 56.4 Å². The molecule has 3 aromatic rings. The molecule has 0 unspecified atom stereocenters. The number of anilines is 1. The van der Waals surface area contributed by atoms with Crippen LogP contribution in [0.5, 0.6) is 0 Å². The van der Waals surface area contributed by atoms with Crippen LogP contribution in [0.4, 0.5) is 18.9 Å². The summed E-state index contributed by atoms with van der Waals surface area (Å²) in [6.45, 7) is 1.05. The van der Waals surface area contributed by atoms with Gasteiger partial charge in [0.2, 0.25) is 5.91 Å². The van der Waals surface area contributed by atoms with Gasteiger partial charge in [-0.25, -0.2) is 4.90 Å². The third kappa shape index (κ3) is 3.30. The number of carbonyl (C=O) groups is 2.